The molecule has 7 heteroatoms. The van der Waals surface area contributed by atoms with Crippen molar-refractivity contribution in [2.24, 2.45) is 0 Å². The van der Waals surface area contributed by atoms with Crippen LogP contribution in [0.2, 0.25) is 0 Å². The molecule has 0 saturated carbocycles. The number of amides is 1. The maximum atomic E-state index is 12.7. The Morgan fingerprint density at radius 2 is 1.88 bits per heavy atom. The average molecular weight is 447 g/mol. The van der Waals surface area contributed by atoms with Gasteiger partial charge in [0.15, 0.2) is 23.0 Å². The van der Waals surface area contributed by atoms with Crippen molar-refractivity contribution in [3.8, 4) is 23.0 Å². The van der Waals surface area contributed by atoms with Gasteiger partial charge in [0.2, 0.25) is 0 Å². The number of ether oxygens (including phenoxy) is 4. The SMILES string of the molecule is CCOc1cccc2c1OCC(C(=O)NCc1ccc(OCc3ccncc3)c(OC)c1)=C2. The Morgan fingerprint density at radius 3 is 2.67 bits per heavy atom. The minimum atomic E-state index is -0.181. The number of nitrogens with zero attached hydrogens (tertiary/aromatic N) is 1. The molecule has 2 aromatic carbocycles. The van der Waals surface area contributed by atoms with Gasteiger partial charge in [-0.2, -0.15) is 0 Å². The number of carbonyl (C=O) groups excluding carboxylic acids is 1. The number of para-hydroxylation sites is 1. The minimum Gasteiger partial charge on any atom is -0.493 e. The number of pyridine rings is 1. The van der Waals surface area contributed by atoms with Crippen molar-refractivity contribution in [3.05, 3.63) is 83.2 Å². The third kappa shape index (κ3) is 5.44. The van der Waals surface area contributed by atoms with Crippen molar-refractivity contribution in [1.82, 2.24) is 10.3 Å². The van der Waals surface area contributed by atoms with Crippen molar-refractivity contribution in [1.29, 1.82) is 0 Å². The molecule has 1 amide bonds. The number of hydrogen-bond acceptors (Lipinski definition) is 6. The summed E-state index contributed by atoms with van der Waals surface area (Å²) in [5.74, 6) is 2.41. The molecule has 0 bridgehead atoms. The van der Waals surface area contributed by atoms with Crippen LogP contribution >= 0.6 is 0 Å². The first kappa shape index (κ1) is 22.2. The molecule has 2 heterocycles. The highest BCUT2D eigenvalue weighted by Crippen LogP contribution is 2.36. The van der Waals surface area contributed by atoms with Gasteiger partial charge >= 0.3 is 0 Å². The molecule has 0 fully saturated rings. The van der Waals surface area contributed by atoms with Gasteiger partial charge in [0.1, 0.15) is 13.2 Å². The zero-order chi connectivity index (χ0) is 23.0. The van der Waals surface area contributed by atoms with Gasteiger partial charge in [-0.1, -0.05) is 18.2 Å². The molecule has 0 aliphatic carbocycles. The van der Waals surface area contributed by atoms with Crippen LogP contribution in [0.25, 0.3) is 6.08 Å². The third-order valence-corrected chi connectivity index (χ3v) is 5.13. The quantitative estimate of drug-likeness (QED) is 0.532. The summed E-state index contributed by atoms with van der Waals surface area (Å²) in [6, 6.07) is 15.0. The summed E-state index contributed by atoms with van der Waals surface area (Å²) < 4.78 is 22.8. The topological polar surface area (TPSA) is 78.9 Å². The van der Waals surface area contributed by atoms with Gasteiger partial charge in [-0.15, -0.1) is 0 Å². The molecular weight excluding hydrogens is 420 g/mol. The Balaban J connectivity index is 1.38. The van der Waals surface area contributed by atoms with E-state index in [2.05, 4.69) is 10.3 Å². The van der Waals surface area contributed by atoms with Crippen LogP contribution in [-0.4, -0.2) is 31.2 Å². The van der Waals surface area contributed by atoms with Crippen molar-refractivity contribution in [2.45, 2.75) is 20.1 Å². The zero-order valence-corrected chi connectivity index (χ0v) is 18.7. The monoisotopic (exact) mass is 446 g/mol. The lowest BCUT2D eigenvalue weighted by atomic mass is 10.1. The molecule has 170 valence electrons. The van der Waals surface area contributed by atoms with Gasteiger partial charge in [-0.3, -0.25) is 9.78 Å². The number of benzene rings is 2. The Morgan fingerprint density at radius 1 is 1.03 bits per heavy atom. The number of hydrogen-bond donors (Lipinski definition) is 1. The summed E-state index contributed by atoms with van der Waals surface area (Å²) in [5, 5.41) is 2.95. The van der Waals surface area contributed by atoms with E-state index in [1.165, 1.54) is 0 Å². The highest BCUT2D eigenvalue weighted by molar-refractivity contribution is 5.99. The molecule has 1 aliphatic heterocycles. The minimum absolute atomic E-state index is 0.181. The molecule has 33 heavy (non-hydrogen) atoms. The van der Waals surface area contributed by atoms with E-state index in [1.54, 1.807) is 19.5 Å². The highest BCUT2D eigenvalue weighted by Gasteiger charge is 2.20. The number of fused-ring (bicyclic) bond motifs is 1. The van der Waals surface area contributed by atoms with Gasteiger partial charge in [0.05, 0.1) is 19.3 Å². The van der Waals surface area contributed by atoms with Crippen LogP contribution < -0.4 is 24.3 Å². The highest BCUT2D eigenvalue weighted by atomic mass is 16.5. The van der Waals surface area contributed by atoms with E-state index in [4.69, 9.17) is 18.9 Å². The second kappa shape index (κ2) is 10.5. The first-order valence-corrected chi connectivity index (χ1v) is 10.7. The molecule has 0 radical (unpaired) electrons. The molecule has 0 spiro atoms. The Labute approximate surface area is 193 Å². The second-order valence-electron chi connectivity index (χ2n) is 7.38. The maximum Gasteiger partial charge on any atom is 0.250 e. The van der Waals surface area contributed by atoms with Gasteiger partial charge < -0.3 is 24.3 Å². The molecule has 1 N–H and O–H groups in total. The summed E-state index contributed by atoms with van der Waals surface area (Å²) in [4.78, 5) is 16.7. The van der Waals surface area contributed by atoms with Gasteiger partial charge in [-0.05, 0) is 54.5 Å². The lowest BCUT2D eigenvalue weighted by Crippen LogP contribution is -2.28. The van der Waals surface area contributed by atoms with Crippen LogP contribution in [-0.2, 0) is 17.9 Å². The first-order chi connectivity index (χ1) is 16.2. The van der Waals surface area contributed by atoms with E-state index in [-0.39, 0.29) is 12.5 Å². The molecule has 0 saturated heterocycles. The van der Waals surface area contributed by atoms with E-state index in [0.29, 0.717) is 48.3 Å². The number of carbonyl (C=O) groups is 1. The van der Waals surface area contributed by atoms with E-state index in [0.717, 1.165) is 16.7 Å². The summed E-state index contributed by atoms with van der Waals surface area (Å²) in [6.45, 7) is 3.42. The zero-order valence-electron chi connectivity index (χ0n) is 18.7. The molecule has 7 nitrogen and oxygen atoms in total. The summed E-state index contributed by atoms with van der Waals surface area (Å²) in [7, 11) is 1.59. The van der Waals surface area contributed by atoms with Crippen LogP contribution in [0.1, 0.15) is 23.6 Å². The maximum absolute atomic E-state index is 12.7. The molecule has 3 aromatic rings. The van der Waals surface area contributed by atoms with E-state index >= 15 is 0 Å². The summed E-state index contributed by atoms with van der Waals surface area (Å²) >= 11 is 0. The standard InChI is InChI=1S/C26H26N2O5/c1-3-31-23-6-4-5-20-14-21(17-33-25(20)23)26(29)28-15-19-7-8-22(24(13-19)30-2)32-16-18-9-11-27-12-10-18/h4-14H,3,15-17H2,1-2H3,(H,28,29). The van der Waals surface area contributed by atoms with Crippen molar-refractivity contribution in [2.75, 3.05) is 20.3 Å². The first-order valence-electron chi connectivity index (χ1n) is 10.7. The molecule has 1 aromatic heterocycles. The molecule has 4 rings (SSSR count). The van der Waals surface area contributed by atoms with E-state index in [9.17, 15) is 4.79 Å². The number of nitrogens with one attached hydrogen (secondary N) is 1. The Kier molecular flexibility index (Phi) is 7.09. The fourth-order valence-electron chi connectivity index (χ4n) is 3.46. The normalized spacial score (nSPS) is 12.1. The van der Waals surface area contributed by atoms with E-state index < -0.39 is 0 Å². The fraction of sp³-hybridized carbons (Fsp3) is 0.231. The number of methoxy groups -OCH3 is 1. The predicted octanol–water partition coefficient (Wildman–Crippen LogP) is 4.16. The summed E-state index contributed by atoms with van der Waals surface area (Å²) in [5.41, 5.74) is 3.30. The van der Waals surface area contributed by atoms with Crippen molar-refractivity contribution < 1.29 is 23.7 Å². The van der Waals surface area contributed by atoms with Crippen LogP contribution in [0.15, 0.2) is 66.5 Å². The fourth-order valence-corrected chi connectivity index (χ4v) is 3.46. The van der Waals surface area contributed by atoms with Crippen LogP contribution in [0.4, 0.5) is 0 Å². The van der Waals surface area contributed by atoms with Crippen LogP contribution in [0.5, 0.6) is 23.0 Å². The van der Waals surface area contributed by atoms with Crippen molar-refractivity contribution >= 4 is 12.0 Å². The summed E-state index contributed by atoms with van der Waals surface area (Å²) in [6.07, 6.45) is 5.29. The van der Waals surface area contributed by atoms with Crippen LogP contribution in [0, 0.1) is 0 Å². The third-order valence-electron chi connectivity index (χ3n) is 5.13. The number of rotatable bonds is 9. The molecular formula is C26H26N2O5. The van der Waals surface area contributed by atoms with Gasteiger partial charge in [0, 0.05) is 24.5 Å². The lowest BCUT2D eigenvalue weighted by molar-refractivity contribution is -0.117. The average Bonchev–Trinajstić information content (AvgIpc) is 2.87. The van der Waals surface area contributed by atoms with Crippen LogP contribution in [0.3, 0.4) is 0 Å². The smallest absolute Gasteiger partial charge is 0.250 e. The van der Waals surface area contributed by atoms with Gasteiger partial charge in [0.25, 0.3) is 5.91 Å². The van der Waals surface area contributed by atoms with E-state index in [1.807, 2.05) is 61.5 Å². The Hall–Kier alpha value is -4.00. The largest absolute Gasteiger partial charge is 0.493 e. The lowest BCUT2D eigenvalue weighted by Gasteiger charge is -2.20. The predicted molar refractivity (Wildman–Crippen MR) is 124 cm³/mol. The molecule has 0 unspecified atom stereocenters. The van der Waals surface area contributed by atoms with Crippen molar-refractivity contribution in [3.63, 3.8) is 0 Å². The molecule has 0 atom stereocenters. The van der Waals surface area contributed by atoms with Gasteiger partial charge in [-0.25, -0.2) is 0 Å². The number of aromatic nitrogens is 1. The second-order valence-corrected chi connectivity index (χ2v) is 7.38. The molecule has 1 aliphatic rings. The Bertz CT molecular complexity index is 1140.